The molecule has 4 heterocycles. The maximum atomic E-state index is 16.0. The number of ether oxygens (including phenoxy) is 3. The quantitative estimate of drug-likeness (QED) is 0.112. The number of nitrogens with zero attached hydrogens (tertiary/aromatic N) is 8. The normalized spacial score (nSPS) is 14.0. The first-order valence-electron chi connectivity index (χ1n) is 19.9. The van der Waals surface area contributed by atoms with E-state index in [-0.39, 0.29) is 54.5 Å². The molecule has 0 saturated carbocycles. The zero-order valence-electron chi connectivity index (χ0n) is 35.3. The third-order valence-electron chi connectivity index (χ3n) is 11.2. The van der Waals surface area contributed by atoms with Crippen LogP contribution in [0.2, 0.25) is 0 Å². The summed E-state index contributed by atoms with van der Waals surface area (Å²) in [5, 5.41) is 12.8. The third kappa shape index (κ3) is 8.40. The monoisotopic (exact) mass is 876 g/mol. The van der Waals surface area contributed by atoms with Gasteiger partial charge in [-0.1, -0.05) is 48.5 Å². The maximum Gasteiger partial charge on any atom is 0.245 e. The van der Waals surface area contributed by atoms with E-state index in [4.69, 9.17) is 19.3 Å². The summed E-state index contributed by atoms with van der Waals surface area (Å²) in [6, 6.07) is 30.0. The van der Waals surface area contributed by atoms with E-state index in [1.807, 2.05) is 67.6 Å². The Hall–Kier alpha value is -6.14. The zero-order chi connectivity index (χ0) is 43.8. The number of sulfone groups is 1. The molecule has 0 aliphatic carbocycles. The highest BCUT2D eigenvalue weighted by molar-refractivity contribution is 7.94. The van der Waals surface area contributed by atoms with Crippen LogP contribution in [0.5, 0.6) is 17.2 Å². The molecule has 7 aromatic rings. The summed E-state index contributed by atoms with van der Waals surface area (Å²) in [4.78, 5) is 7.12. The van der Waals surface area contributed by atoms with Gasteiger partial charge in [0.05, 0.1) is 49.3 Å². The third-order valence-corrected chi connectivity index (χ3v) is 15.3. The van der Waals surface area contributed by atoms with Crippen LogP contribution in [-0.2, 0) is 39.5 Å². The summed E-state index contributed by atoms with van der Waals surface area (Å²) < 4.78 is 81.5. The number of benzene rings is 4. The Bertz CT molecular complexity index is 2870. The van der Waals surface area contributed by atoms with Gasteiger partial charge in [0.1, 0.15) is 27.8 Å². The highest BCUT2D eigenvalue weighted by Crippen LogP contribution is 2.43. The van der Waals surface area contributed by atoms with Crippen molar-refractivity contribution in [1.29, 1.82) is 0 Å². The van der Waals surface area contributed by atoms with Crippen molar-refractivity contribution in [3.63, 3.8) is 0 Å². The van der Waals surface area contributed by atoms with Gasteiger partial charge in [0.25, 0.3) is 0 Å². The number of methoxy groups -OCH3 is 3. The highest BCUT2D eigenvalue weighted by Gasteiger charge is 2.46. The van der Waals surface area contributed by atoms with Gasteiger partial charge in [-0.3, -0.25) is 9.30 Å². The number of likely N-dealkylation sites (tertiary alicyclic amines) is 1. The zero-order valence-corrected chi connectivity index (χ0v) is 37.0. The Morgan fingerprint density at radius 1 is 0.726 bits per heavy atom. The lowest BCUT2D eigenvalue weighted by atomic mass is 10.0. The highest BCUT2D eigenvalue weighted by atomic mass is 32.2. The first-order chi connectivity index (χ1) is 29.7. The van der Waals surface area contributed by atoms with Gasteiger partial charge in [-0.05, 0) is 97.3 Å². The molecule has 1 aliphatic rings. The van der Waals surface area contributed by atoms with E-state index in [1.54, 1.807) is 88.3 Å². The molecule has 4 aromatic carbocycles. The minimum atomic E-state index is -4.79. The Labute approximate surface area is 361 Å². The molecule has 0 spiro atoms. The number of fused-ring (bicyclic) bond motifs is 1. The van der Waals surface area contributed by atoms with Gasteiger partial charge < -0.3 is 14.2 Å². The van der Waals surface area contributed by atoms with Crippen molar-refractivity contribution in [2.45, 2.75) is 61.0 Å². The van der Waals surface area contributed by atoms with Crippen LogP contribution < -0.4 is 14.2 Å². The molecule has 0 radical (unpaired) electrons. The van der Waals surface area contributed by atoms with E-state index < -0.39 is 30.0 Å². The second-order valence-corrected chi connectivity index (χ2v) is 20.2. The minimum Gasteiger partial charge on any atom is -0.497 e. The molecule has 1 saturated heterocycles. The molecular weight excluding hydrogens is 829 g/mol. The van der Waals surface area contributed by atoms with Gasteiger partial charge >= 0.3 is 0 Å². The van der Waals surface area contributed by atoms with E-state index in [9.17, 15) is 0 Å². The SMILES string of the molecule is COc1ccc(CN(Cc2ccc(OC)cc2)S(=O)(=O)c2c(S(=O)(=O)C3CN(C(C)(C)C)C3)ccc(-c3cccc4nccn34)c2-c2nnn(Cc3ccc(OC)cc3)n2)cc1. The van der Waals surface area contributed by atoms with Gasteiger partial charge in [-0.2, -0.15) is 9.10 Å². The number of aromatic nitrogens is 6. The van der Waals surface area contributed by atoms with Gasteiger partial charge in [0, 0.05) is 49.7 Å². The van der Waals surface area contributed by atoms with Crippen LogP contribution in [-0.4, -0.2) is 101 Å². The predicted octanol–water partition coefficient (Wildman–Crippen LogP) is 6.38. The van der Waals surface area contributed by atoms with E-state index in [2.05, 4.69) is 20.2 Å². The molecule has 3 aromatic heterocycles. The van der Waals surface area contributed by atoms with Crippen molar-refractivity contribution < 1.29 is 31.0 Å². The van der Waals surface area contributed by atoms with E-state index >= 15 is 16.8 Å². The van der Waals surface area contributed by atoms with Crippen LogP contribution in [0.3, 0.4) is 0 Å². The largest absolute Gasteiger partial charge is 0.497 e. The number of hydrogen-bond acceptors (Lipinski definition) is 12. The van der Waals surface area contributed by atoms with Crippen LogP contribution in [0.1, 0.15) is 37.5 Å². The van der Waals surface area contributed by atoms with E-state index in [0.717, 1.165) is 5.56 Å². The first-order valence-corrected chi connectivity index (χ1v) is 22.9. The second kappa shape index (κ2) is 17.0. The van der Waals surface area contributed by atoms with Crippen molar-refractivity contribution in [2.75, 3.05) is 34.4 Å². The minimum absolute atomic E-state index is 0.00489. The smallest absolute Gasteiger partial charge is 0.245 e. The van der Waals surface area contributed by atoms with Crippen LogP contribution in [0.15, 0.2) is 125 Å². The average Bonchev–Trinajstić information content (AvgIpc) is 3.93. The summed E-state index contributed by atoms with van der Waals surface area (Å²) >= 11 is 0. The van der Waals surface area contributed by atoms with Crippen LogP contribution in [0.4, 0.5) is 0 Å². The standard InChI is InChI=1S/C45H48N8O7S2/c1-45(2,3)50-29-37(30-50)61(54,55)40-23-22-38(39-8-7-9-41-46-24-25-52(39)41)42(44-47-49-53(48-44)28-33-14-20-36(60-6)21-15-33)43(40)62(56,57)51(26-31-10-16-34(58-4)17-11-31)27-32-12-18-35(59-5)19-13-32/h7-25,37H,26-30H2,1-6H3. The molecule has 0 N–H and O–H groups in total. The van der Waals surface area contributed by atoms with Crippen molar-refractivity contribution >= 4 is 25.5 Å². The maximum absolute atomic E-state index is 16.0. The Morgan fingerprint density at radius 3 is 1.84 bits per heavy atom. The lowest BCUT2D eigenvalue weighted by molar-refractivity contribution is 0.0723. The summed E-state index contributed by atoms with van der Waals surface area (Å²) in [5.74, 6) is 1.81. The number of rotatable bonds is 15. The van der Waals surface area contributed by atoms with Crippen molar-refractivity contribution in [1.82, 2.24) is 38.8 Å². The molecule has 62 heavy (non-hydrogen) atoms. The summed E-state index contributed by atoms with van der Waals surface area (Å²) in [6.07, 6.45) is 3.40. The van der Waals surface area contributed by atoms with Crippen molar-refractivity contribution in [2.24, 2.45) is 0 Å². The fourth-order valence-electron chi connectivity index (χ4n) is 7.54. The lowest BCUT2D eigenvalue weighted by Gasteiger charge is -2.47. The molecule has 0 amide bonds. The number of hydrogen-bond donors (Lipinski definition) is 0. The Morgan fingerprint density at radius 2 is 1.29 bits per heavy atom. The summed E-state index contributed by atoms with van der Waals surface area (Å²) in [6.45, 7) is 6.48. The van der Waals surface area contributed by atoms with Crippen molar-refractivity contribution in [3.8, 4) is 39.9 Å². The summed E-state index contributed by atoms with van der Waals surface area (Å²) in [7, 11) is -4.40. The number of imidazole rings is 1. The van der Waals surface area contributed by atoms with Gasteiger partial charge in [-0.25, -0.2) is 21.8 Å². The van der Waals surface area contributed by atoms with Gasteiger partial charge in [0.2, 0.25) is 15.8 Å². The molecule has 17 heteroatoms. The average molecular weight is 877 g/mol. The van der Waals surface area contributed by atoms with Crippen LogP contribution >= 0.6 is 0 Å². The molecule has 1 fully saturated rings. The Balaban J connectivity index is 1.38. The first kappa shape index (κ1) is 42.5. The Kier molecular flexibility index (Phi) is 11.6. The molecule has 15 nitrogen and oxygen atoms in total. The number of pyridine rings is 1. The van der Waals surface area contributed by atoms with E-state index in [0.29, 0.717) is 45.3 Å². The molecular formula is C45H48N8O7S2. The molecule has 0 atom stereocenters. The van der Waals surface area contributed by atoms with Crippen LogP contribution in [0, 0.1) is 0 Å². The molecule has 1 aliphatic heterocycles. The number of sulfonamides is 1. The molecule has 0 unspecified atom stereocenters. The van der Waals surface area contributed by atoms with Gasteiger partial charge in [0.15, 0.2) is 9.84 Å². The lowest BCUT2D eigenvalue weighted by Crippen LogP contribution is -2.61. The fourth-order valence-corrected chi connectivity index (χ4v) is 11.6. The second-order valence-electron chi connectivity index (χ2n) is 16.1. The molecule has 8 rings (SSSR count). The topological polar surface area (TPSA) is 163 Å². The van der Waals surface area contributed by atoms with Crippen LogP contribution in [0.25, 0.3) is 28.3 Å². The molecule has 0 bridgehead atoms. The fraction of sp³-hybridized carbons (Fsp3) is 0.289. The number of tetrazole rings is 1. The van der Waals surface area contributed by atoms with E-state index in [1.165, 1.54) is 15.2 Å². The van der Waals surface area contributed by atoms with Crippen molar-refractivity contribution in [3.05, 3.63) is 132 Å². The summed E-state index contributed by atoms with van der Waals surface area (Å²) in [5.41, 5.74) is 3.35. The predicted molar refractivity (Wildman–Crippen MR) is 234 cm³/mol. The molecule has 322 valence electrons. The van der Waals surface area contributed by atoms with Gasteiger partial charge in [-0.15, -0.1) is 10.2 Å².